The third-order valence-corrected chi connectivity index (χ3v) is 2.40. The average Bonchev–Trinajstić information content (AvgIpc) is 2.97. The molecule has 0 fully saturated rings. The predicted molar refractivity (Wildman–Crippen MR) is 66.4 cm³/mol. The van der Waals surface area contributed by atoms with E-state index in [0.29, 0.717) is 24.0 Å². The highest BCUT2D eigenvalue weighted by atomic mass is 16.5. The molecule has 2 rings (SSSR count). The molecule has 2 N–H and O–H groups in total. The summed E-state index contributed by atoms with van der Waals surface area (Å²) in [5.41, 5.74) is 0. The molecule has 2 aromatic rings. The van der Waals surface area contributed by atoms with Crippen LogP contribution in [-0.2, 0) is 17.6 Å². The fraction of sp³-hybridized carbons (Fsp3) is 0.545. The van der Waals surface area contributed by atoms with Gasteiger partial charge in [-0.15, -0.1) is 5.10 Å². The third kappa shape index (κ3) is 3.87. The Morgan fingerprint density at radius 3 is 2.89 bits per heavy atom. The van der Waals surface area contributed by atoms with Crippen molar-refractivity contribution < 1.29 is 9.32 Å². The first-order valence-electron chi connectivity index (χ1n) is 6.17. The van der Waals surface area contributed by atoms with Crippen LogP contribution in [0.5, 0.6) is 0 Å². The second-order valence-electron chi connectivity index (χ2n) is 4.15. The van der Waals surface area contributed by atoms with Gasteiger partial charge in [0.05, 0.1) is 0 Å². The summed E-state index contributed by atoms with van der Waals surface area (Å²) in [4.78, 5) is 19.8. The van der Waals surface area contributed by atoms with Gasteiger partial charge >= 0.3 is 0 Å². The lowest BCUT2D eigenvalue weighted by molar-refractivity contribution is -0.116. The minimum Gasteiger partial charge on any atom is -0.339 e. The summed E-state index contributed by atoms with van der Waals surface area (Å²) < 4.78 is 5.04. The van der Waals surface area contributed by atoms with Crippen LogP contribution in [0, 0.1) is 6.92 Å². The van der Waals surface area contributed by atoms with Gasteiger partial charge in [-0.2, -0.15) is 9.97 Å². The summed E-state index contributed by atoms with van der Waals surface area (Å²) >= 11 is 0. The number of nitrogens with one attached hydrogen (secondary N) is 2. The van der Waals surface area contributed by atoms with Crippen LogP contribution < -0.4 is 5.32 Å². The number of aromatic nitrogens is 5. The maximum absolute atomic E-state index is 11.6. The zero-order valence-electron chi connectivity index (χ0n) is 10.9. The number of aromatic amines is 1. The summed E-state index contributed by atoms with van der Waals surface area (Å²) in [6.45, 7) is 3.80. The lowest BCUT2D eigenvalue weighted by Gasteiger charge is -1.97. The Morgan fingerprint density at radius 1 is 1.37 bits per heavy atom. The van der Waals surface area contributed by atoms with Crippen molar-refractivity contribution in [2.45, 2.75) is 39.5 Å². The molecule has 0 unspecified atom stereocenters. The number of H-pyrrole nitrogens is 1. The van der Waals surface area contributed by atoms with Crippen molar-refractivity contribution in [3.63, 3.8) is 0 Å². The average molecular weight is 264 g/mol. The number of rotatable bonds is 6. The van der Waals surface area contributed by atoms with Crippen LogP contribution in [0.25, 0.3) is 0 Å². The smallest absolute Gasteiger partial charge is 0.248 e. The molecule has 0 atom stereocenters. The summed E-state index contributed by atoms with van der Waals surface area (Å²) in [6.07, 6.45) is 2.41. The SMILES string of the molecule is CCCc1noc(CCC(=O)Nc2n[nH]c(C)n2)n1. The van der Waals surface area contributed by atoms with Crippen molar-refractivity contribution in [2.75, 3.05) is 5.32 Å². The van der Waals surface area contributed by atoms with Gasteiger partial charge in [-0.25, -0.2) is 0 Å². The van der Waals surface area contributed by atoms with E-state index in [1.165, 1.54) is 0 Å². The first kappa shape index (κ1) is 13.2. The molecule has 19 heavy (non-hydrogen) atoms. The van der Waals surface area contributed by atoms with Gasteiger partial charge in [-0.1, -0.05) is 12.1 Å². The predicted octanol–water partition coefficient (Wildman–Crippen LogP) is 1.02. The maximum atomic E-state index is 11.6. The largest absolute Gasteiger partial charge is 0.339 e. The van der Waals surface area contributed by atoms with Crippen LogP contribution in [0.3, 0.4) is 0 Å². The molecule has 2 aromatic heterocycles. The number of amides is 1. The second-order valence-corrected chi connectivity index (χ2v) is 4.15. The van der Waals surface area contributed by atoms with E-state index in [9.17, 15) is 4.79 Å². The van der Waals surface area contributed by atoms with E-state index in [0.717, 1.165) is 12.8 Å². The molecule has 0 bridgehead atoms. The molecule has 0 aliphatic carbocycles. The first-order chi connectivity index (χ1) is 9.17. The van der Waals surface area contributed by atoms with Crippen LogP contribution in [0.2, 0.25) is 0 Å². The minimum atomic E-state index is -0.186. The van der Waals surface area contributed by atoms with Gasteiger partial charge in [0.15, 0.2) is 5.82 Å². The van der Waals surface area contributed by atoms with Crippen LogP contribution in [-0.4, -0.2) is 31.2 Å². The molecule has 2 heterocycles. The van der Waals surface area contributed by atoms with Gasteiger partial charge in [0.2, 0.25) is 17.7 Å². The number of nitrogens with zero attached hydrogens (tertiary/aromatic N) is 4. The van der Waals surface area contributed by atoms with Crippen LogP contribution >= 0.6 is 0 Å². The quantitative estimate of drug-likeness (QED) is 0.806. The van der Waals surface area contributed by atoms with Crippen molar-refractivity contribution >= 4 is 11.9 Å². The van der Waals surface area contributed by atoms with E-state index in [1.807, 2.05) is 6.92 Å². The van der Waals surface area contributed by atoms with E-state index in [-0.39, 0.29) is 18.3 Å². The van der Waals surface area contributed by atoms with E-state index in [4.69, 9.17) is 4.52 Å². The normalized spacial score (nSPS) is 10.6. The van der Waals surface area contributed by atoms with Crippen molar-refractivity contribution in [3.8, 4) is 0 Å². The molecule has 0 saturated carbocycles. The fourth-order valence-corrected chi connectivity index (χ4v) is 1.52. The molecule has 0 aromatic carbocycles. The van der Waals surface area contributed by atoms with E-state index in [2.05, 4.69) is 30.6 Å². The highest BCUT2D eigenvalue weighted by molar-refractivity contribution is 5.88. The van der Waals surface area contributed by atoms with Crippen molar-refractivity contribution in [2.24, 2.45) is 0 Å². The molecule has 8 nitrogen and oxygen atoms in total. The molecule has 8 heteroatoms. The van der Waals surface area contributed by atoms with Crippen LogP contribution in [0.1, 0.15) is 37.3 Å². The molecule has 0 spiro atoms. The first-order valence-corrected chi connectivity index (χ1v) is 6.17. The topological polar surface area (TPSA) is 110 Å². The number of anilines is 1. The molecule has 1 amide bonds. The Morgan fingerprint density at radius 2 is 2.21 bits per heavy atom. The molecule has 0 aliphatic heterocycles. The van der Waals surface area contributed by atoms with E-state index < -0.39 is 0 Å². The molecule has 102 valence electrons. The van der Waals surface area contributed by atoms with Crippen molar-refractivity contribution in [1.82, 2.24) is 25.3 Å². The lowest BCUT2D eigenvalue weighted by Crippen LogP contribution is -2.13. The van der Waals surface area contributed by atoms with Crippen molar-refractivity contribution in [3.05, 3.63) is 17.5 Å². The van der Waals surface area contributed by atoms with Crippen molar-refractivity contribution in [1.29, 1.82) is 0 Å². The Bertz CT molecular complexity index is 547. The highest BCUT2D eigenvalue weighted by Gasteiger charge is 2.10. The molecule has 0 aliphatic rings. The standard InChI is InChI=1S/C11H16N6O2/c1-3-4-8-13-10(19-17-8)6-5-9(18)14-11-12-7(2)15-16-11/h3-6H2,1-2H3,(H2,12,14,15,16,18). The van der Waals surface area contributed by atoms with Crippen LogP contribution in [0.4, 0.5) is 5.95 Å². The van der Waals surface area contributed by atoms with Gasteiger partial charge in [-0.3, -0.25) is 15.2 Å². The van der Waals surface area contributed by atoms with E-state index in [1.54, 1.807) is 6.92 Å². The summed E-state index contributed by atoms with van der Waals surface area (Å²) in [6, 6.07) is 0. The van der Waals surface area contributed by atoms with Crippen LogP contribution in [0.15, 0.2) is 4.52 Å². The Labute approximate surface area is 110 Å². The minimum absolute atomic E-state index is 0.186. The number of carbonyl (C=O) groups excluding carboxylic acids is 1. The van der Waals surface area contributed by atoms with Gasteiger partial charge in [0.25, 0.3) is 0 Å². The zero-order valence-corrected chi connectivity index (χ0v) is 10.9. The van der Waals surface area contributed by atoms with Gasteiger partial charge in [0, 0.05) is 19.3 Å². The van der Waals surface area contributed by atoms with Gasteiger partial charge < -0.3 is 4.52 Å². The summed E-state index contributed by atoms with van der Waals surface area (Å²) in [7, 11) is 0. The molecule has 0 saturated heterocycles. The molecular weight excluding hydrogens is 248 g/mol. The second kappa shape index (κ2) is 6.07. The van der Waals surface area contributed by atoms with Gasteiger partial charge in [0.1, 0.15) is 5.82 Å². The third-order valence-electron chi connectivity index (χ3n) is 2.40. The maximum Gasteiger partial charge on any atom is 0.248 e. The fourth-order valence-electron chi connectivity index (χ4n) is 1.52. The summed E-state index contributed by atoms with van der Waals surface area (Å²) in [5, 5.41) is 12.9. The zero-order chi connectivity index (χ0) is 13.7. The highest BCUT2D eigenvalue weighted by Crippen LogP contribution is 2.04. The van der Waals surface area contributed by atoms with E-state index >= 15 is 0 Å². The molecule has 0 radical (unpaired) electrons. The lowest BCUT2D eigenvalue weighted by atomic mass is 10.3. The van der Waals surface area contributed by atoms with Gasteiger partial charge in [-0.05, 0) is 13.3 Å². The Balaban J connectivity index is 1.79. The monoisotopic (exact) mass is 264 g/mol. The number of carbonyl (C=O) groups is 1. The number of hydrogen-bond acceptors (Lipinski definition) is 6. The number of hydrogen-bond donors (Lipinski definition) is 2. The Kier molecular flexibility index (Phi) is 4.22. The Hall–Kier alpha value is -2.25. The molecular formula is C11H16N6O2. The summed E-state index contributed by atoms with van der Waals surface area (Å²) in [5.74, 6) is 1.90. The number of aryl methyl sites for hydroxylation is 3.